The largest absolute Gasteiger partial charge is 0.0617 e. The van der Waals surface area contributed by atoms with Crippen molar-refractivity contribution in [1.29, 1.82) is 0 Å². The molecule has 0 saturated carbocycles. The molecule has 0 aromatic heterocycles. The SMILES string of the molecule is CC(C)(C)c1cccc(C(C)(C)C)c1CCCc1c(C(C)(C)C)ccc(C(C)(C)C)c1C(C)(C)C. The van der Waals surface area contributed by atoms with Crippen molar-refractivity contribution in [1.82, 2.24) is 0 Å². The van der Waals surface area contributed by atoms with Crippen LogP contribution in [0, 0.1) is 0 Å². The first-order valence-electron chi connectivity index (χ1n) is 13.9. The summed E-state index contributed by atoms with van der Waals surface area (Å²) >= 11 is 0. The van der Waals surface area contributed by atoms with Crippen LogP contribution >= 0.6 is 0 Å². The zero-order valence-electron chi connectivity index (χ0n) is 26.0. The second-order valence-electron chi connectivity index (χ2n) is 15.9. The predicted octanol–water partition coefficient (Wildman–Crippen LogP) is 10.3. The zero-order valence-corrected chi connectivity index (χ0v) is 26.0. The van der Waals surface area contributed by atoms with E-state index < -0.39 is 0 Å². The molecule has 0 fully saturated rings. The molecule has 0 saturated heterocycles. The second kappa shape index (κ2) is 9.72. The van der Waals surface area contributed by atoms with Crippen molar-refractivity contribution in [2.75, 3.05) is 0 Å². The fourth-order valence-corrected chi connectivity index (χ4v) is 5.80. The number of rotatable bonds is 4. The summed E-state index contributed by atoms with van der Waals surface area (Å²) in [5, 5.41) is 0. The highest BCUT2D eigenvalue weighted by atomic mass is 14.4. The van der Waals surface area contributed by atoms with E-state index in [-0.39, 0.29) is 27.1 Å². The summed E-state index contributed by atoms with van der Waals surface area (Å²) in [6.45, 7) is 35.6. The smallest absolute Gasteiger partial charge is 0.0126 e. The first-order valence-corrected chi connectivity index (χ1v) is 13.9. The van der Waals surface area contributed by atoms with Gasteiger partial charge in [0.05, 0.1) is 0 Å². The molecule has 0 aliphatic heterocycles. The molecular weight excluding hydrogens is 420 g/mol. The lowest BCUT2D eigenvalue weighted by Gasteiger charge is -2.36. The summed E-state index contributed by atoms with van der Waals surface area (Å²) in [5.74, 6) is 0. The third kappa shape index (κ3) is 7.02. The molecule has 0 spiro atoms. The maximum atomic E-state index is 2.44. The first kappa shape index (κ1) is 29.7. The molecule has 0 N–H and O–H groups in total. The molecule has 0 heterocycles. The number of benzene rings is 2. The minimum absolute atomic E-state index is 0.110. The Balaban J connectivity index is 2.65. The van der Waals surface area contributed by atoms with E-state index in [2.05, 4.69) is 134 Å². The minimum Gasteiger partial charge on any atom is -0.0617 e. The molecule has 0 aliphatic rings. The quantitative estimate of drug-likeness (QED) is 0.411. The van der Waals surface area contributed by atoms with Gasteiger partial charge in [-0.1, -0.05) is 134 Å². The van der Waals surface area contributed by atoms with Crippen LogP contribution in [0.4, 0.5) is 0 Å². The Morgan fingerprint density at radius 2 is 0.743 bits per heavy atom. The van der Waals surface area contributed by atoms with Crippen LogP contribution in [0.2, 0.25) is 0 Å². The highest BCUT2D eigenvalue weighted by Crippen LogP contribution is 2.42. The number of hydrogen-bond acceptors (Lipinski definition) is 0. The van der Waals surface area contributed by atoms with E-state index >= 15 is 0 Å². The molecule has 0 unspecified atom stereocenters. The van der Waals surface area contributed by atoms with Crippen molar-refractivity contribution in [3.63, 3.8) is 0 Å². The molecule has 0 aliphatic carbocycles. The Morgan fingerprint density at radius 1 is 0.400 bits per heavy atom. The summed E-state index contributed by atoms with van der Waals surface area (Å²) < 4.78 is 0. The first-order chi connectivity index (χ1) is 15.6. The molecule has 0 heteroatoms. The van der Waals surface area contributed by atoms with Gasteiger partial charge < -0.3 is 0 Å². The predicted molar refractivity (Wildman–Crippen MR) is 158 cm³/mol. The third-order valence-corrected chi connectivity index (χ3v) is 7.32. The molecule has 0 radical (unpaired) electrons. The van der Waals surface area contributed by atoms with Crippen molar-refractivity contribution in [3.05, 3.63) is 69.3 Å². The lowest BCUT2D eigenvalue weighted by molar-refractivity contribution is 0.511. The molecule has 0 atom stereocenters. The van der Waals surface area contributed by atoms with Gasteiger partial charge in [-0.05, 0) is 85.3 Å². The van der Waals surface area contributed by atoms with Gasteiger partial charge in [-0.15, -0.1) is 0 Å². The fraction of sp³-hybridized carbons (Fsp3) is 0.657. The monoisotopic (exact) mass is 476 g/mol. The van der Waals surface area contributed by atoms with Gasteiger partial charge in [0.25, 0.3) is 0 Å². The molecule has 0 amide bonds. The van der Waals surface area contributed by atoms with Crippen molar-refractivity contribution >= 4 is 0 Å². The molecule has 0 bridgehead atoms. The van der Waals surface area contributed by atoms with E-state index in [0.29, 0.717) is 0 Å². The van der Waals surface area contributed by atoms with Gasteiger partial charge in [-0.3, -0.25) is 0 Å². The minimum atomic E-state index is 0.110. The molecule has 2 aromatic carbocycles. The van der Waals surface area contributed by atoms with E-state index in [4.69, 9.17) is 0 Å². The fourth-order valence-electron chi connectivity index (χ4n) is 5.80. The van der Waals surface area contributed by atoms with Gasteiger partial charge >= 0.3 is 0 Å². The molecule has 0 nitrogen and oxygen atoms in total. The van der Waals surface area contributed by atoms with Gasteiger partial charge in [-0.25, -0.2) is 0 Å². The zero-order chi connectivity index (χ0) is 27.2. The Bertz CT molecular complexity index is 980. The Kier molecular flexibility index (Phi) is 8.24. The van der Waals surface area contributed by atoms with Crippen LogP contribution < -0.4 is 0 Å². The topological polar surface area (TPSA) is 0 Å². The van der Waals surface area contributed by atoms with Crippen molar-refractivity contribution in [3.8, 4) is 0 Å². The lowest BCUT2D eigenvalue weighted by Crippen LogP contribution is -2.27. The Labute approximate surface area is 219 Å². The summed E-state index contributed by atoms with van der Waals surface area (Å²) in [6, 6.07) is 11.9. The molecule has 196 valence electrons. The van der Waals surface area contributed by atoms with E-state index in [1.807, 2.05) is 0 Å². The van der Waals surface area contributed by atoms with Crippen LogP contribution in [-0.2, 0) is 39.9 Å². The summed E-state index contributed by atoms with van der Waals surface area (Å²) in [5.41, 5.74) is 11.5. The van der Waals surface area contributed by atoms with Crippen LogP contribution in [0.3, 0.4) is 0 Å². The van der Waals surface area contributed by atoms with E-state index in [1.54, 1.807) is 16.7 Å². The van der Waals surface area contributed by atoms with Crippen molar-refractivity contribution in [2.45, 2.75) is 150 Å². The molecule has 2 aromatic rings. The Morgan fingerprint density at radius 3 is 1.11 bits per heavy atom. The van der Waals surface area contributed by atoms with Crippen LogP contribution in [-0.4, -0.2) is 0 Å². The summed E-state index contributed by atoms with van der Waals surface area (Å²) in [4.78, 5) is 0. The van der Waals surface area contributed by atoms with Crippen LogP contribution in [0.15, 0.2) is 30.3 Å². The maximum Gasteiger partial charge on any atom is -0.0126 e. The third-order valence-electron chi connectivity index (χ3n) is 7.32. The van der Waals surface area contributed by atoms with Gasteiger partial charge in [0.1, 0.15) is 0 Å². The maximum absolute atomic E-state index is 2.44. The Hall–Kier alpha value is -1.56. The second-order valence-corrected chi connectivity index (χ2v) is 15.9. The van der Waals surface area contributed by atoms with Crippen molar-refractivity contribution < 1.29 is 0 Å². The standard InChI is InChI=1S/C35H56/c1-31(2,3)26-20-17-21-27(32(4,5)6)24(26)18-16-19-25-28(33(7,8)9)22-23-29(34(10,11)12)30(25)35(13,14)15/h17,20-23H,16,18-19H2,1-15H3. The van der Waals surface area contributed by atoms with Gasteiger partial charge in [0.15, 0.2) is 0 Å². The summed E-state index contributed by atoms with van der Waals surface area (Å²) in [7, 11) is 0. The molecule has 35 heavy (non-hydrogen) atoms. The van der Waals surface area contributed by atoms with Gasteiger partial charge in [-0.2, -0.15) is 0 Å². The average molecular weight is 477 g/mol. The highest BCUT2D eigenvalue weighted by Gasteiger charge is 2.32. The van der Waals surface area contributed by atoms with E-state index in [1.165, 1.54) is 28.7 Å². The normalized spacial score (nSPS) is 13.9. The summed E-state index contributed by atoms with van der Waals surface area (Å²) in [6.07, 6.45) is 3.44. The highest BCUT2D eigenvalue weighted by molar-refractivity contribution is 5.50. The van der Waals surface area contributed by atoms with E-state index in [9.17, 15) is 0 Å². The lowest BCUT2D eigenvalue weighted by atomic mass is 9.68. The van der Waals surface area contributed by atoms with Crippen LogP contribution in [0.25, 0.3) is 0 Å². The average Bonchev–Trinajstić information content (AvgIpc) is 2.63. The molecular formula is C35H56. The van der Waals surface area contributed by atoms with E-state index in [0.717, 1.165) is 12.8 Å². The van der Waals surface area contributed by atoms with Crippen molar-refractivity contribution in [2.24, 2.45) is 0 Å². The van der Waals surface area contributed by atoms with Crippen LogP contribution in [0.1, 0.15) is 149 Å². The number of hydrogen-bond donors (Lipinski definition) is 0. The van der Waals surface area contributed by atoms with Gasteiger partial charge in [0, 0.05) is 0 Å². The van der Waals surface area contributed by atoms with Crippen LogP contribution in [0.5, 0.6) is 0 Å². The molecule has 2 rings (SSSR count). The van der Waals surface area contributed by atoms with Gasteiger partial charge in [0.2, 0.25) is 0 Å².